The predicted molar refractivity (Wildman–Crippen MR) is 278 cm³/mol. The monoisotopic (exact) mass is 1180 g/mol. The van der Waals surface area contributed by atoms with E-state index in [4.69, 9.17) is 10.2 Å². The molecule has 0 aliphatic heterocycles. The number of aromatic nitrogens is 6. The molecule has 2 heterocycles. The van der Waals surface area contributed by atoms with Crippen molar-refractivity contribution in [3.8, 4) is 0 Å². The van der Waals surface area contributed by atoms with Gasteiger partial charge in [-0.3, -0.25) is 71.7 Å². The zero-order valence-corrected chi connectivity index (χ0v) is 45.3. The smallest absolute Gasteiger partial charge is 0.327 e. The topological polar surface area (TPSA) is 526 Å². The Morgan fingerprint density at radius 1 is 0.415 bits per heavy atom. The summed E-state index contributed by atoms with van der Waals surface area (Å²) in [4.78, 5) is 173. The van der Waals surface area contributed by atoms with Gasteiger partial charge in [-0.05, 0) is 70.6 Å². The minimum absolute atomic E-state index is 0.0424. The third-order valence-corrected chi connectivity index (χ3v) is 12.0. The fourth-order valence-electron chi connectivity index (χ4n) is 7.51. The number of amides is 7. The van der Waals surface area contributed by atoms with Crippen LogP contribution >= 0.6 is 12.6 Å². The zero-order chi connectivity index (χ0) is 61.3. The van der Waals surface area contributed by atoms with Gasteiger partial charge in [0.15, 0.2) is 0 Å². The third-order valence-electron chi connectivity index (χ3n) is 11.6. The molecule has 0 saturated heterocycles. The van der Waals surface area contributed by atoms with Crippen LogP contribution in [0, 0.1) is 0 Å². The van der Waals surface area contributed by atoms with E-state index in [2.05, 4.69) is 70.5 Å². The maximum absolute atomic E-state index is 13.6. The lowest BCUT2D eigenvalue weighted by molar-refractivity contribution is -0.143. The van der Waals surface area contributed by atoms with E-state index in [9.17, 15) is 92.7 Å². The van der Waals surface area contributed by atoms with Gasteiger partial charge in [0.05, 0.1) is 37.1 Å². The van der Waals surface area contributed by atoms with Gasteiger partial charge in [0, 0.05) is 63.5 Å². The first-order valence-electron chi connectivity index (χ1n) is 25.8. The van der Waals surface area contributed by atoms with Crippen LogP contribution in [0.5, 0.6) is 0 Å². The second-order valence-electron chi connectivity index (χ2n) is 18.5. The van der Waals surface area contributed by atoms with Crippen molar-refractivity contribution < 1.29 is 103 Å². The Balaban J connectivity index is 2.07. The number of carbonyl (C=O) groups is 14. The van der Waals surface area contributed by atoms with E-state index in [0.717, 1.165) is 0 Å². The molecule has 0 aliphatic rings. The van der Waals surface area contributed by atoms with E-state index in [-0.39, 0.29) is 64.3 Å². The van der Waals surface area contributed by atoms with E-state index < -0.39 is 151 Å². The highest BCUT2D eigenvalue weighted by molar-refractivity contribution is 7.80. The molecule has 0 spiro atoms. The van der Waals surface area contributed by atoms with E-state index in [1.807, 2.05) is 0 Å². The van der Waals surface area contributed by atoms with Crippen LogP contribution in [-0.2, 0) is 93.1 Å². The van der Waals surface area contributed by atoms with Crippen molar-refractivity contribution in [1.82, 2.24) is 67.2 Å². The number of carbonyl (C=O) groups excluding carboxylic acids is 7. The van der Waals surface area contributed by atoms with Crippen LogP contribution in [0.2, 0.25) is 0 Å². The Morgan fingerprint density at radius 2 is 0.780 bits per heavy atom. The molecule has 0 aromatic carbocycles. The highest BCUT2D eigenvalue weighted by Crippen LogP contribution is 2.10. The van der Waals surface area contributed by atoms with Gasteiger partial charge in [0.25, 0.3) is 0 Å². The van der Waals surface area contributed by atoms with Gasteiger partial charge in [-0.1, -0.05) is 10.4 Å². The molecular weight excluding hydrogens is 1110 g/mol. The number of carboxylic acids is 7. The summed E-state index contributed by atoms with van der Waals surface area (Å²) < 4.78 is 2.97. The van der Waals surface area contributed by atoms with Crippen molar-refractivity contribution in [2.45, 2.75) is 171 Å². The van der Waals surface area contributed by atoms with Crippen LogP contribution in [0.25, 0.3) is 0 Å². The van der Waals surface area contributed by atoms with Crippen LogP contribution < -0.4 is 37.2 Å². The van der Waals surface area contributed by atoms with E-state index in [0.29, 0.717) is 63.0 Å². The SMILES string of the molecule is O=C(O)CCCc1cn(CCCCC(=O)NC(CC(=O)O)C(=O)NC(CC(=O)O)C(=O)NCCCCC(NC(=O)C(CC(=O)O)NC(=O)C(CC(=O)O)NC(=O)CCCCn2cc(CCCC(=O)O)nn2)C(=O)NC(CS)C(=O)O)nn1. The fourth-order valence-corrected chi connectivity index (χ4v) is 7.75. The molecule has 0 radical (unpaired) electrons. The molecule has 454 valence electrons. The van der Waals surface area contributed by atoms with Gasteiger partial charge in [-0.15, -0.1) is 10.2 Å². The normalized spacial score (nSPS) is 13.1. The highest BCUT2D eigenvalue weighted by Gasteiger charge is 2.34. The van der Waals surface area contributed by atoms with Crippen molar-refractivity contribution in [1.29, 1.82) is 0 Å². The number of rotatable bonds is 44. The Hall–Kier alpha value is -8.79. The Bertz CT molecular complexity index is 2560. The first-order chi connectivity index (χ1) is 38.8. The lowest BCUT2D eigenvalue weighted by Gasteiger charge is -2.25. The van der Waals surface area contributed by atoms with Gasteiger partial charge in [-0.25, -0.2) is 4.79 Å². The lowest BCUT2D eigenvalue weighted by atomic mass is 10.1. The van der Waals surface area contributed by atoms with Gasteiger partial charge in [0.2, 0.25) is 41.4 Å². The predicted octanol–water partition coefficient (Wildman–Crippen LogP) is -3.17. The number of aryl methyl sites for hydroxylation is 4. The maximum Gasteiger partial charge on any atom is 0.327 e. The first-order valence-corrected chi connectivity index (χ1v) is 26.4. The van der Waals surface area contributed by atoms with Crippen molar-refractivity contribution >= 4 is 95.8 Å². The van der Waals surface area contributed by atoms with Crippen molar-refractivity contribution in [2.75, 3.05) is 12.3 Å². The van der Waals surface area contributed by atoms with Gasteiger partial charge < -0.3 is 73.0 Å². The summed E-state index contributed by atoms with van der Waals surface area (Å²) in [5.74, 6) is -17.8. The number of nitrogens with one attached hydrogen (secondary N) is 7. The summed E-state index contributed by atoms with van der Waals surface area (Å²) >= 11 is 3.90. The highest BCUT2D eigenvalue weighted by atomic mass is 32.1. The number of unbranched alkanes of at least 4 members (excludes halogenated alkanes) is 3. The molecule has 82 heavy (non-hydrogen) atoms. The number of aliphatic carboxylic acids is 7. The van der Waals surface area contributed by atoms with Crippen LogP contribution in [0.15, 0.2) is 12.4 Å². The minimum atomic E-state index is -2.02. The van der Waals surface area contributed by atoms with E-state index in [1.54, 1.807) is 12.4 Å². The molecule has 6 unspecified atom stereocenters. The molecule has 2 aromatic rings. The zero-order valence-electron chi connectivity index (χ0n) is 44.4. The molecule has 35 heteroatoms. The van der Waals surface area contributed by atoms with Gasteiger partial charge >= 0.3 is 41.8 Å². The van der Waals surface area contributed by atoms with Crippen molar-refractivity contribution in [3.63, 3.8) is 0 Å². The van der Waals surface area contributed by atoms with E-state index in [1.165, 1.54) is 9.36 Å². The van der Waals surface area contributed by atoms with Crippen molar-refractivity contribution in [3.05, 3.63) is 23.8 Å². The summed E-state index contributed by atoms with van der Waals surface area (Å²) in [7, 11) is 0. The van der Waals surface area contributed by atoms with Crippen LogP contribution in [-0.4, -0.2) is 197 Å². The summed E-state index contributed by atoms with van der Waals surface area (Å²) in [6, 6.07) is -10.7. The third kappa shape index (κ3) is 29.4. The lowest BCUT2D eigenvalue weighted by Crippen LogP contribution is -2.58. The molecular formula is C47H69N13O21S. The summed E-state index contributed by atoms with van der Waals surface area (Å²) in [6.45, 7) is 0.319. The number of carboxylic acid groups (broad SMARTS) is 7. The van der Waals surface area contributed by atoms with Crippen LogP contribution in [0.4, 0.5) is 0 Å². The number of nitrogens with zero attached hydrogens (tertiary/aromatic N) is 6. The average molecular weight is 1180 g/mol. The Labute approximate surface area is 472 Å². The Kier molecular flexibility index (Phi) is 31.4. The average Bonchev–Trinajstić information content (AvgIpc) is 4.06. The largest absolute Gasteiger partial charge is 0.481 e. The number of hydrogen-bond acceptors (Lipinski definition) is 19. The second kappa shape index (κ2) is 37.2. The molecule has 0 bridgehead atoms. The van der Waals surface area contributed by atoms with Gasteiger partial charge in [-0.2, -0.15) is 12.6 Å². The quantitative estimate of drug-likeness (QED) is 0.0230. The molecule has 14 N–H and O–H groups in total. The summed E-state index contributed by atoms with van der Waals surface area (Å²) in [5.41, 5.74) is 1.13. The minimum Gasteiger partial charge on any atom is -0.481 e. The molecule has 34 nitrogen and oxygen atoms in total. The Morgan fingerprint density at radius 3 is 1.16 bits per heavy atom. The fraction of sp³-hybridized carbons (Fsp3) is 0.617. The molecule has 0 aliphatic carbocycles. The summed E-state index contributed by atoms with van der Waals surface area (Å²) in [5, 5.41) is 96.5. The first kappa shape index (κ1) is 69.3. The summed E-state index contributed by atoms with van der Waals surface area (Å²) in [6.07, 6.45) is 0.739. The van der Waals surface area contributed by atoms with Crippen molar-refractivity contribution in [2.24, 2.45) is 0 Å². The van der Waals surface area contributed by atoms with Crippen LogP contribution in [0.3, 0.4) is 0 Å². The number of thiol groups is 1. The molecule has 0 saturated carbocycles. The number of hydrogen-bond donors (Lipinski definition) is 15. The molecule has 2 rings (SSSR count). The van der Waals surface area contributed by atoms with Crippen LogP contribution in [0.1, 0.15) is 121 Å². The maximum atomic E-state index is 13.6. The molecule has 2 aromatic heterocycles. The molecule has 0 fully saturated rings. The molecule has 6 atom stereocenters. The van der Waals surface area contributed by atoms with Gasteiger partial charge in [0.1, 0.15) is 36.3 Å². The molecule has 7 amide bonds. The standard InChI is InChI=1S/C47H69N13O21S/c61-34(12-2-5-17-59-23-26(55-57-59)9-7-14-36(63)64)49-30(20-39(69)70)44(77)52-29(19-38(67)68)42(75)48-16-4-1-11-28(43(76)54-33(25-82)47(80)81)51-46(79)32(22-41(73)74)53-45(78)31(21-40(71)72)50-35(62)13-3-6-18-60-24-27(56-58-60)10-8-15-37(65)66/h23-24,28-33,82H,1-22,25H2,(H,48,75)(H,49,61)(H,50,62)(H,51,79)(H,52,77)(H,53,78)(H,54,76)(H,63,64)(H,65,66)(H,67,68)(H,69,70)(H,71,72)(H,73,74)(H,80,81). The van der Waals surface area contributed by atoms with E-state index >= 15 is 0 Å². The second-order valence-corrected chi connectivity index (χ2v) is 18.9.